The molecular weight excluding hydrogens is 260 g/mol. The Balaban J connectivity index is 1.79. The molecule has 3 heteroatoms. The van der Waals surface area contributed by atoms with E-state index < -0.39 is 0 Å². The zero-order valence-electron chi connectivity index (χ0n) is 12.8. The van der Waals surface area contributed by atoms with E-state index in [0.717, 1.165) is 56.5 Å². The van der Waals surface area contributed by atoms with Crippen molar-refractivity contribution in [3.8, 4) is 0 Å². The lowest BCUT2D eigenvalue weighted by molar-refractivity contribution is 0.101. The van der Waals surface area contributed by atoms with Gasteiger partial charge in [0.1, 0.15) is 0 Å². The van der Waals surface area contributed by atoms with Crippen LogP contribution in [0.2, 0.25) is 0 Å². The van der Waals surface area contributed by atoms with Gasteiger partial charge in [0.2, 0.25) is 5.78 Å². The molecule has 0 amide bonds. The average molecular weight is 286 g/mol. The predicted molar refractivity (Wildman–Crippen MR) is 85.7 cm³/mol. The summed E-state index contributed by atoms with van der Waals surface area (Å²) in [6.45, 7) is 2.11. The molecule has 1 aliphatic heterocycles. The van der Waals surface area contributed by atoms with Crippen molar-refractivity contribution >= 4 is 5.78 Å². The van der Waals surface area contributed by atoms with Crippen LogP contribution in [-0.4, -0.2) is 23.4 Å². The van der Waals surface area contributed by atoms with Crippen LogP contribution >= 0.6 is 0 Å². The van der Waals surface area contributed by atoms with Gasteiger partial charge in [-0.3, -0.25) is 4.79 Å². The van der Waals surface area contributed by atoms with Crippen molar-refractivity contribution in [2.75, 3.05) is 13.1 Å². The zero-order chi connectivity index (χ0) is 14.5. The Morgan fingerprint density at radius 2 is 1.95 bits per heavy atom. The number of aromatic nitrogens is 1. The largest absolute Gasteiger partial charge is 0.342 e. The minimum Gasteiger partial charge on any atom is -0.342 e. The van der Waals surface area contributed by atoms with Crippen LogP contribution in [0.15, 0.2) is 30.0 Å². The van der Waals surface area contributed by atoms with Gasteiger partial charge in [0.15, 0.2) is 0 Å². The van der Waals surface area contributed by atoms with E-state index in [1.165, 1.54) is 19.3 Å². The van der Waals surface area contributed by atoms with Crippen molar-refractivity contribution in [3.05, 3.63) is 35.7 Å². The highest BCUT2D eigenvalue weighted by Gasteiger charge is 2.22. The molecule has 0 bridgehead atoms. The van der Waals surface area contributed by atoms with Crippen LogP contribution in [0.4, 0.5) is 0 Å². The number of hydrogen-bond donors (Lipinski definition) is 1. The molecule has 114 valence electrons. The van der Waals surface area contributed by atoms with Crippen molar-refractivity contribution in [1.29, 1.82) is 0 Å². The molecule has 0 unspecified atom stereocenters. The molecule has 0 spiro atoms. The van der Waals surface area contributed by atoms with Gasteiger partial charge < -0.3 is 9.88 Å². The minimum absolute atomic E-state index is 0.264. The molecule has 1 aromatic rings. The van der Waals surface area contributed by atoms with E-state index in [9.17, 15) is 4.79 Å². The smallest absolute Gasteiger partial charge is 0.205 e. The quantitative estimate of drug-likeness (QED) is 0.856. The Hall–Kier alpha value is -1.35. The van der Waals surface area contributed by atoms with Gasteiger partial charge in [-0.15, -0.1) is 0 Å². The number of allylic oxidation sites excluding steroid dienone is 2. The summed E-state index contributed by atoms with van der Waals surface area (Å²) in [6.07, 6.45) is 13.5. The molecule has 3 nitrogen and oxygen atoms in total. The van der Waals surface area contributed by atoms with Crippen LogP contribution in [0.1, 0.15) is 67.9 Å². The highest BCUT2D eigenvalue weighted by molar-refractivity contribution is 6.07. The fraction of sp³-hybridized carbons (Fsp3) is 0.611. The summed E-state index contributed by atoms with van der Waals surface area (Å²) >= 11 is 0. The van der Waals surface area contributed by atoms with Crippen molar-refractivity contribution in [3.63, 3.8) is 0 Å². The zero-order valence-corrected chi connectivity index (χ0v) is 12.8. The number of ketones is 1. The molecule has 0 saturated carbocycles. The molecule has 2 aliphatic rings. The molecule has 2 heterocycles. The molecule has 0 aromatic carbocycles. The molecule has 3 rings (SSSR count). The lowest BCUT2D eigenvalue weighted by atomic mass is 9.95. The monoisotopic (exact) mass is 286 g/mol. The highest BCUT2D eigenvalue weighted by atomic mass is 16.1. The molecule has 1 aliphatic carbocycles. The summed E-state index contributed by atoms with van der Waals surface area (Å²) in [6, 6.07) is 4.51. The maximum atomic E-state index is 12.9. The van der Waals surface area contributed by atoms with Crippen molar-refractivity contribution in [2.45, 2.75) is 57.4 Å². The number of hydrogen-bond acceptors (Lipinski definition) is 2. The summed E-state index contributed by atoms with van der Waals surface area (Å²) in [7, 11) is 0. The van der Waals surface area contributed by atoms with Crippen molar-refractivity contribution < 1.29 is 4.79 Å². The summed E-state index contributed by atoms with van der Waals surface area (Å²) in [5, 5.41) is 3.39. The fourth-order valence-electron chi connectivity index (χ4n) is 3.55. The molecule has 1 aromatic heterocycles. The van der Waals surface area contributed by atoms with E-state index in [4.69, 9.17) is 0 Å². The van der Waals surface area contributed by atoms with Gasteiger partial charge in [-0.1, -0.05) is 18.9 Å². The number of nitrogens with one attached hydrogen (secondary N) is 1. The lowest BCUT2D eigenvalue weighted by Gasteiger charge is -2.26. The first kappa shape index (κ1) is 14.6. The minimum atomic E-state index is 0.264. The molecule has 1 N–H and O–H groups in total. The molecule has 1 fully saturated rings. The normalized spacial score (nSPS) is 23.9. The van der Waals surface area contributed by atoms with Crippen LogP contribution in [0.25, 0.3) is 0 Å². The first-order valence-corrected chi connectivity index (χ1v) is 8.47. The molecule has 0 radical (unpaired) electrons. The molecule has 0 atom stereocenters. The van der Waals surface area contributed by atoms with Gasteiger partial charge >= 0.3 is 0 Å². The number of nitrogens with zero attached hydrogens (tertiary/aromatic N) is 1. The predicted octanol–water partition coefficient (Wildman–Crippen LogP) is 3.88. The van der Waals surface area contributed by atoms with Crippen LogP contribution in [-0.2, 0) is 0 Å². The number of carbonyl (C=O) groups is 1. The number of piperidine rings is 1. The van der Waals surface area contributed by atoms with E-state index in [0.29, 0.717) is 6.04 Å². The highest BCUT2D eigenvalue weighted by Crippen LogP contribution is 2.25. The Morgan fingerprint density at radius 1 is 1.14 bits per heavy atom. The van der Waals surface area contributed by atoms with Crippen LogP contribution in [0.5, 0.6) is 0 Å². The summed E-state index contributed by atoms with van der Waals surface area (Å²) in [4.78, 5) is 12.9. The Labute approximate surface area is 127 Å². The number of Topliss-reactive ketones (excluding diaryl/α,β-unsaturated/α-hetero) is 1. The van der Waals surface area contributed by atoms with Gasteiger partial charge in [0.05, 0.1) is 5.69 Å². The van der Waals surface area contributed by atoms with E-state index in [2.05, 4.69) is 22.2 Å². The summed E-state index contributed by atoms with van der Waals surface area (Å²) < 4.78 is 2.22. The van der Waals surface area contributed by atoms with Gasteiger partial charge in [0.25, 0.3) is 0 Å². The third kappa shape index (κ3) is 3.46. The second-order valence-corrected chi connectivity index (χ2v) is 6.29. The summed E-state index contributed by atoms with van der Waals surface area (Å²) in [5.74, 6) is 0.264. The second-order valence-electron chi connectivity index (χ2n) is 6.29. The fourth-order valence-corrected chi connectivity index (χ4v) is 3.55. The van der Waals surface area contributed by atoms with E-state index in [1.807, 2.05) is 12.1 Å². The maximum Gasteiger partial charge on any atom is 0.205 e. The first-order valence-electron chi connectivity index (χ1n) is 8.47. The first-order chi connectivity index (χ1) is 10.4. The van der Waals surface area contributed by atoms with Crippen molar-refractivity contribution in [1.82, 2.24) is 9.88 Å². The van der Waals surface area contributed by atoms with E-state index in [-0.39, 0.29) is 5.78 Å². The second kappa shape index (κ2) is 7.08. The Kier molecular flexibility index (Phi) is 4.91. The van der Waals surface area contributed by atoms with E-state index >= 15 is 0 Å². The molecule has 1 saturated heterocycles. The van der Waals surface area contributed by atoms with Crippen molar-refractivity contribution in [2.24, 2.45) is 0 Å². The summed E-state index contributed by atoms with van der Waals surface area (Å²) in [5.41, 5.74) is 1.94. The standard InChI is InChI=1S/C18H26N2O/c21-18(15-7-4-2-1-3-5-8-15)17-9-6-14-20(17)16-10-12-19-13-11-16/h6-7,9,14,16,19H,1-5,8,10-13H2/b15-7+. The van der Waals surface area contributed by atoms with Crippen LogP contribution in [0.3, 0.4) is 0 Å². The average Bonchev–Trinajstić information content (AvgIpc) is 2.96. The SMILES string of the molecule is O=C(/C1=C/CCCCCC1)c1cccn1C1CCNCC1. The number of rotatable bonds is 3. The van der Waals surface area contributed by atoms with Gasteiger partial charge in [-0.2, -0.15) is 0 Å². The maximum absolute atomic E-state index is 12.9. The van der Waals surface area contributed by atoms with Crippen LogP contribution < -0.4 is 5.32 Å². The van der Waals surface area contributed by atoms with Crippen LogP contribution in [0, 0.1) is 0 Å². The topological polar surface area (TPSA) is 34.0 Å². The van der Waals surface area contributed by atoms with Gasteiger partial charge in [-0.25, -0.2) is 0 Å². The van der Waals surface area contributed by atoms with E-state index in [1.54, 1.807) is 0 Å². The molecular formula is C18H26N2O. The molecule has 21 heavy (non-hydrogen) atoms. The van der Waals surface area contributed by atoms with Gasteiger partial charge in [-0.05, 0) is 69.3 Å². The Bertz CT molecular complexity index is 509. The number of carbonyl (C=O) groups excluding carboxylic acids is 1. The third-order valence-electron chi connectivity index (χ3n) is 4.80. The van der Waals surface area contributed by atoms with Gasteiger partial charge in [0, 0.05) is 12.2 Å². The Morgan fingerprint density at radius 3 is 2.81 bits per heavy atom. The third-order valence-corrected chi connectivity index (χ3v) is 4.80. The lowest BCUT2D eigenvalue weighted by Crippen LogP contribution is -2.30.